The van der Waals surface area contributed by atoms with Gasteiger partial charge in [-0.2, -0.15) is 0 Å². The number of amides is 2. The number of piperidine rings is 1. The molecule has 0 saturated carbocycles. The molecule has 2 fully saturated rings. The van der Waals surface area contributed by atoms with E-state index in [0.717, 1.165) is 12.8 Å². The van der Waals surface area contributed by atoms with Crippen molar-refractivity contribution in [2.45, 2.75) is 58.3 Å². The van der Waals surface area contributed by atoms with E-state index >= 15 is 0 Å². The van der Waals surface area contributed by atoms with E-state index in [-0.39, 0.29) is 18.1 Å². The Labute approximate surface area is 126 Å². The number of rotatable bonds is 1. The van der Waals surface area contributed by atoms with Crippen LogP contribution < -0.4 is 0 Å². The highest BCUT2D eigenvalue weighted by Crippen LogP contribution is 2.27. The van der Waals surface area contributed by atoms with Crippen LogP contribution in [0.5, 0.6) is 0 Å². The topological polar surface area (TPSA) is 70.1 Å². The Morgan fingerprint density at radius 1 is 1.29 bits per heavy atom. The van der Waals surface area contributed by atoms with E-state index in [4.69, 9.17) is 4.74 Å². The van der Waals surface area contributed by atoms with Crippen molar-refractivity contribution in [2.24, 2.45) is 5.92 Å². The summed E-state index contributed by atoms with van der Waals surface area (Å²) >= 11 is 0. The summed E-state index contributed by atoms with van der Waals surface area (Å²) < 4.78 is 5.81. The Kier molecular flexibility index (Phi) is 4.46. The summed E-state index contributed by atoms with van der Waals surface area (Å²) in [6.45, 7) is 9.28. The number of aliphatic carboxylic acids is 1. The fraction of sp³-hybridized carbons (Fsp3) is 0.867. The van der Waals surface area contributed by atoms with Crippen LogP contribution in [0.1, 0.15) is 40.5 Å². The number of hydrogen-bond acceptors (Lipinski definition) is 3. The zero-order chi connectivity index (χ0) is 15.8. The molecule has 120 valence electrons. The number of ether oxygens (including phenoxy) is 1. The first-order chi connectivity index (χ1) is 9.71. The average molecular weight is 298 g/mol. The van der Waals surface area contributed by atoms with Gasteiger partial charge in [-0.15, -0.1) is 0 Å². The monoisotopic (exact) mass is 298 g/mol. The van der Waals surface area contributed by atoms with Gasteiger partial charge in [-0.3, -0.25) is 0 Å². The zero-order valence-electron chi connectivity index (χ0n) is 13.3. The SMILES string of the molecule is CC1CN(C(=O)N2CCCC(C)C2C(=O)O)CC(C)(C)O1. The first-order valence-corrected chi connectivity index (χ1v) is 7.67. The number of carbonyl (C=O) groups is 2. The molecule has 0 aromatic carbocycles. The van der Waals surface area contributed by atoms with Gasteiger partial charge in [-0.05, 0) is 39.5 Å². The lowest BCUT2D eigenvalue weighted by Gasteiger charge is -2.45. The minimum Gasteiger partial charge on any atom is -0.480 e. The molecule has 3 atom stereocenters. The van der Waals surface area contributed by atoms with Crippen LogP contribution in [0.2, 0.25) is 0 Å². The Morgan fingerprint density at radius 3 is 2.52 bits per heavy atom. The quantitative estimate of drug-likeness (QED) is 0.801. The van der Waals surface area contributed by atoms with Gasteiger partial charge in [0.25, 0.3) is 0 Å². The molecule has 2 aliphatic rings. The lowest BCUT2D eigenvalue weighted by Crippen LogP contribution is -2.61. The summed E-state index contributed by atoms with van der Waals surface area (Å²) in [7, 11) is 0. The molecule has 0 aromatic heterocycles. The highest BCUT2D eigenvalue weighted by molar-refractivity contribution is 5.83. The summed E-state index contributed by atoms with van der Waals surface area (Å²) in [6, 6.07) is -0.885. The van der Waals surface area contributed by atoms with Crippen molar-refractivity contribution in [3.8, 4) is 0 Å². The Balaban J connectivity index is 2.15. The first-order valence-electron chi connectivity index (χ1n) is 7.67. The molecule has 2 rings (SSSR count). The van der Waals surface area contributed by atoms with Crippen molar-refractivity contribution in [1.29, 1.82) is 0 Å². The van der Waals surface area contributed by atoms with Gasteiger partial charge < -0.3 is 19.6 Å². The van der Waals surface area contributed by atoms with Gasteiger partial charge in [0, 0.05) is 13.1 Å². The lowest BCUT2D eigenvalue weighted by molar-refractivity contribution is -0.146. The van der Waals surface area contributed by atoms with Crippen molar-refractivity contribution in [1.82, 2.24) is 9.80 Å². The third kappa shape index (κ3) is 3.48. The van der Waals surface area contributed by atoms with Gasteiger partial charge in [0.1, 0.15) is 6.04 Å². The van der Waals surface area contributed by atoms with Crippen LogP contribution in [0.4, 0.5) is 4.79 Å². The van der Waals surface area contributed by atoms with Crippen LogP contribution in [-0.4, -0.2) is 64.3 Å². The Bertz CT molecular complexity index is 424. The maximum absolute atomic E-state index is 12.8. The molecule has 2 heterocycles. The second kappa shape index (κ2) is 5.83. The molecule has 2 saturated heterocycles. The molecule has 0 aliphatic carbocycles. The molecule has 0 radical (unpaired) electrons. The van der Waals surface area contributed by atoms with Crippen molar-refractivity contribution in [3.63, 3.8) is 0 Å². The number of carbonyl (C=O) groups excluding carboxylic acids is 1. The van der Waals surface area contributed by atoms with E-state index in [1.165, 1.54) is 4.90 Å². The number of likely N-dealkylation sites (tertiary alicyclic amines) is 1. The molecule has 2 aliphatic heterocycles. The second-order valence-electron chi connectivity index (χ2n) is 6.95. The van der Waals surface area contributed by atoms with Gasteiger partial charge in [-0.25, -0.2) is 9.59 Å². The third-order valence-electron chi connectivity index (χ3n) is 4.27. The number of carboxylic acid groups (broad SMARTS) is 1. The lowest BCUT2D eigenvalue weighted by atomic mass is 9.91. The smallest absolute Gasteiger partial charge is 0.326 e. The highest BCUT2D eigenvalue weighted by Gasteiger charge is 2.41. The summed E-state index contributed by atoms with van der Waals surface area (Å²) in [4.78, 5) is 27.6. The van der Waals surface area contributed by atoms with Gasteiger partial charge in [0.2, 0.25) is 0 Å². The highest BCUT2D eigenvalue weighted by atomic mass is 16.5. The molecule has 0 spiro atoms. The number of morpholine rings is 1. The van der Waals surface area contributed by atoms with Gasteiger partial charge >= 0.3 is 12.0 Å². The minimum atomic E-state index is -0.906. The number of carboxylic acids is 1. The first kappa shape index (κ1) is 16.1. The van der Waals surface area contributed by atoms with Crippen molar-refractivity contribution < 1.29 is 19.4 Å². The predicted molar refractivity (Wildman–Crippen MR) is 78.1 cm³/mol. The molecule has 0 aromatic rings. The fourth-order valence-corrected chi connectivity index (χ4v) is 3.56. The molecule has 6 heteroatoms. The van der Waals surface area contributed by atoms with Crippen LogP contribution in [0.25, 0.3) is 0 Å². The number of nitrogens with zero attached hydrogens (tertiary/aromatic N) is 2. The van der Waals surface area contributed by atoms with E-state index in [1.54, 1.807) is 4.90 Å². The van der Waals surface area contributed by atoms with Crippen molar-refractivity contribution >= 4 is 12.0 Å². The van der Waals surface area contributed by atoms with Crippen LogP contribution in [0, 0.1) is 5.92 Å². The number of urea groups is 1. The molecule has 21 heavy (non-hydrogen) atoms. The molecular weight excluding hydrogens is 272 g/mol. The van der Waals surface area contributed by atoms with Gasteiger partial charge in [0.15, 0.2) is 0 Å². The maximum atomic E-state index is 12.8. The molecule has 0 bridgehead atoms. The summed E-state index contributed by atoms with van der Waals surface area (Å²) in [5.41, 5.74) is -0.395. The maximum Gasteiger partial charge on any atom is 0.326 e. The van der Waals surface area contributed by atoms with E-state index in [1.807, 2.05) is 27.7 Å². The Hall–Kier alpha value is -1.30. The van der Waals surface area contributed by atoms with E-state index < -0.39 is 17.6 Å². The third-order valence-corrected chi connectivity index (χ3v) is 4.27. The molecule has 1 N–H and O–H groups in total. The molecule has 6 nitrogen and oxygen atoms in total. The molecule has 2 amide bonds. The zero-order valence-corrected chi connectivity index (χ0v) is 13.3. The molecular formula is C15H26N2O4. The van der Waals surface area contributed by atoms with Crippen LogP contribution in [0.15, 0.2) is 0 Å². The summed E-state index contributed by atoms with van der Waals surface area (Å²) in [5, 5.41) is 9.44. The minimum absolute atomic E-state index is 0.00771. The van der Waals surface area contributed by atoms with Gasteiger partial charge in [-0.1, -0.05) is 6.92 Å². The van der Waals surface area contributed by atoms with Crippen LogP contribution >= 0.6 is 0 Å². The van der Waals surface area contributed by atoms with Crippen LogP contribution in [0.3, 0.4) is 0 Å². The normalized spacial score (nSPS) is 32.9. The van der Waals surface area contributed by atoms with Crippen LogP contribution in [-0.2, 0) is 9.53 Å². The largest absolute Gasteiger partial charge is 0.480 e. The van der Waals surface area contributed by atoms with Crippen molar-refractivity contribution in [2.75, 3.05) is 19.6 Å². The second-order valence-corrected chi connectivity index (χ2v) is 6.95. The molecule has 3 unspecified atom stereocenters. The Morgan fingerprint density at radius 2 is 1.95 bits per heavy atom. The van der Waals surface area contributed by atoms with Gasteiger partial charge in [0.05, 0.1) is 18.2 Å². The van der Waals surface area contributed by atoms with E-state index in [2.05, 4.69) is 0 Å². The van der Waals surface area contributed by atoms with E-state index in [9.17, 15) is 14.7 Å². The summed E-state index contributed by atoms with van der Waals surface area (Å²) in [6.07, 6.45) is 1.68. The predicted octanol–water partition coefficient (Wildman–Crippen LogP) is 1.79. The fourth-order valence-electron chi connectivity index (χ4n) is 3.56. The average Bonchev–Trinajstić information content (AvgIpc) is 2.34. The van der Waals surface area contributed by atoms with E-state index in [0.29, 0.717) is 19.6 Å². The standard InChI is InChI=1S/C15H26N2O4/c1-10-6-5-7-17(12(10)13(18)19)14(20)16-8-11(2)21-15(3,4)9-16/h10-12H,5-9H2,1-4H3,(H,18,19). The number of hydrogen-bond donors (Lipinski definition) is 1. The summed E-state index contributed by atoms with van der Waals surface area (Å²) in [5.74, 6) is -0.914. The van der Waals surface area contributed by atoms with Crippen molar-refractivity contribution in [3.05, 3.63) is 0 Å².